The molecule has 0 aliphatic carbocycles. The van der Waals surface area contributed by atoms with Gasteiger partial charge in [-0.3, -0.25) is 4.90 Å². The highest BCUT2D eigenvalue weighted by Crippen LogP contribution is 2.34. The molecule has 2 aromatic carbocycles. The third kappa shape index (κ3) is 4.49. The van der Waals surface area contributed by atoms with Gasteiger partial charge in [-0.05, 0) is 43.2 Å². The average Bonchev–Trinajstić information content (AvgIpc) is 2.70. The number of rotatable bonds is 7. The molecule has 0 bridgehead atoms. The first-order valence-electron chi connectivity index (χ1n) is 9.46. The maximum Gasteiger partial charge on any atom is 0.115 e. The van der Waals surface area contributed by atoms with E-state index in [1.54, 1.807) is 0 Å². The molecule has 1 fully saturated rings. The molecule has 3 rings (SSSR count). The van der Waals surface area contributed by atoms with Gasteiger partial charge in [0.25, 0.3) is 0 Å². The third-order valence-corrected chi connectivity index (χ3v) is 5.32. The summed E-state index contributed by atoms with van der Waals surface area (Å²) in [5.74, 6) is 0. The molecule has 1 heterocycles. The van der Waals surface area contributed by atoms with E-state index in [0.717, 1.165) is 30.6 Å². The highest BCUT2D eigenvalue weighted by atomic mass is 16.3. The molecule has 0 aromatic heterocycles. The zero-order valence-electron chi connectivity index (χ0n) is 14.8. The summed E-state index contributed by atoms with van der Waals surface area (Å²) in [7, 11) is 0. The van der Waals surface area contributed by atoms with Gasteiger partial charge in [0.05, 0.1) is 0 Å². The van der Waals surface area contributed by atoms with E-state index in [1.807, 2.05) is 60.7 Å². The van der Waals surface area contributed by atoms with Crippen molar-refractivity contribution in [1.29, 1.82) is 0 Å². The Labute approximate surface area is 150 Å². The number of aliphatic hydroxyl groups excluding tert-OH is 1. The van der Waals surface area contributed by atoms with E-state index in [9.17, 15) is 10.2 Å². The zero-order valence-corrected chi connectivity index (χ0v) is 14.8. The van der Waals surface area contributed by atoms with Crippen molar-refractivity contribution in [3.63, 3.8) is 0 Å². The van der Waals surface area contributed by atoms with E-state index < -0.39 is 11.8 Å². The molecular formula is C22H29NO2. The van der Waals surface area contributed by atoms with E-state index >= 15 is 0 Å². The summed E-state index contributed by atoms with van der Waals surface area (Å²) in [4.78, 5) is 2.17. The molecule has 2 aromatic rings. The fourth-order valence-electron chi connectivity index (χ4n) is 3.82. The van der Waals surface area contributed by atoms with Crippen molar-refractivity contribution < 1.29 is 10.2 Å². The Morgan fingerprint density at radius 1 is 0.840 bits per heavy atom. The van der Waals surface area contributed by atoms with E-state index in [0.29, 0.717) is 12.8 Å². The largest absolute Gasteiger partial charge is 0.380 e. The first-order valence-corrected chi connectivity index (χ1v) is 9.46. The Morgan fingerprint density at radius 2 is 1.36 bits per heavy atom. The Balaban J connectivity index is 1.68. The van der Waals surface area contributed by atoms with Crippen LogP contribution in [0.5, 0.6) is 0 Å². The van der Waals surface area contributed by atoms with E-state index in [2.05, 4.69) is 4.90 Å². The molecule has 0 amide bonds. The minimum Gasteiger partial charge on any atom is -0.380 e. The number of hydrogen-bond donors (Lipinski definition) is 2. The summed E-state index contributed by atoms with van der Waals surface area (Å²) in [6.07, 6.45) is 5.30. The van der Waals surface area contributed by atoms with Crippen LogP contribution in [0.1, 0.15) is 49.7 Å². The van der Waals surface area contributed by atoms with Crippen molar-refractivity contribution in [2.24, 2.45) is 0 Å². The van der Waals surface area contributed by atoms with Crippen molar-refractivity contribution in [1.82, 2.24) is 4.90 Å². The van der Waals surface area contributed by atoms with Crippen LogP contribution in [0.3, 0.4) is 0 Å². The number of benzene rings is 2. The van der Waals surface area contributed by atoms with Crippen LogP contribution < -0.4 is 0 Å². The lowest BCUT2D eigenvalue weighted by atomic mass is 9.82. The normalized spacial score (nSPS) is 17.4. The van der Waals surface area contributed by atoms with Crippen LogP contribution in [-0.2, 0) is 5.60 Å². The second kappa shape index (κ2) is 8.61. The van der Waals surface area contributed by atoms with Crippen molar-refractivity contribution in [3.8, 4) is 0 Å². The van der Waals surface area contributed by atoms with Crippen LogP contribution in [-0.4, -0.2) is 34.4 Å². The van der Waals surface area contributed by atoms with Gasteiger partial charge in [0, 0.05) is 13.1 Å². The standard InChI is InChI=1S/C22H29NO2/c24-21(23-17-8-3-9-18-23)15-10-16-22(25,19-11-4-1-5-12-19)20-13-6-2-7-14-20/h1-2,4-7,11-14,21,24-25H,3,8-10,15-18H2. The highest BCUT2D eigenvalue weighted by Gasteiger charge is 2.31. The monoisotopic (exact) mass is 339 g/mol. The minimum atomic E-state index is -1.01. The van der Waals surface area contributed by atoms with Gasteiger partial charge in [0.2, 0.25) is 0 Å². The first-order chi connectivity index (χ1) is 12.2. The van der Waals surface area contributed by atoms with Gasteiger partial charge >= 0.3 is 0 Å². The average molecular weight is 339 g/mol. The van der Waals surface area contributed by atoms with Gasteiger partial charge in [-0.25, -0.2) is 0 Å². The van der Waals surface area contributed by atoms with Crippen molar-refractivity contribution >= 4 is 0 Å². The molecule has 1 unspecified atom stereocenters. The molecule has 2 N–H and O–H groups in total. The van der Waals surface area contributed by atoms with Gasteiger partial charge in [0.1, 0.15) is 11.8 Å². The zero-order chi connectivity index (χ0) is 17.5. The molecule has 134 valence electrons. The number of hydrogen-bond acceptors (Lipinski definition) is 3. The number of nitrogens with zero attached hydrogens (tertiary/aromatic N) is 1. The Hall–Kier alpha value is -1.68. The minimum absolute atomic E-state index is 0.393. The molecule has 0 radical (unpaired) electrons. The van der Waals surface area contributed by atoms with Crippen LogP contribution in [0.2, 0.25) is 0 Å². The smallest absolute Gasteiger partial charge is 0.115 e. The Bertz CT molecular complexity index is 583. The lowest BCUT2D eigenvalue weighted by Crippen LogP contribution is -2.39. The molecule has 0 spiro atoms. The highest BCUT2D eigenvalue weighted by molar-refractivity contribution is 5.35. The molecular weight excluding hydrogens is 310 g/mol. The van der Waals surface area contributed by atoms with Crippen molar-refractivity contribution in [2.45, 2.75) is 50.4 Å². The maximum atomic E-state index is 11.5. The third-order valence-electron chi connectivity index (χ3n) is 5.32. The van der Waals surface area contributed by atoms with Crippen LogP contribution >= 0.6 is 0 Å². The second-order valence-corrected chi connectivity index (χ2v) is 7.06. The molecule has 3 nitrogen and oxygen atoms in total. The summed E-state index contributed by atoms with van der Waals surface area (Å²) >= 11 is 0. The molecule has 1 saturated heterocycles. The van der Waals surface area contributed by atoms with Crippen LogP contribution in [0.25, 0.3) is 0 Å². The van der Waals surface area contributed by atoms with Gasteiger partial charge < -0.3 is 10.2 Å². The van der Waals surface area contributed by atoms with Gasteiger partial charge in [-0.15, -0.1) is 0 Å². The van der Waals surface area contributed by atoms with E-state index in [1.165, 1.54) is 19.3 Å². The Morgan fingerprint density at radius 3 is 1.88 bits per heavy atom. The fraction of sp³-hybridized carbons (Fsp3) is 0.455. The van der Waals surface area contributed by atoms with Crippen LogP contribution in [0, 0.1) is 0 Å². The van der Waals surface area contributed by atoms with Gasteiger partial charge in [0.15, 0.2) is 0 Å². The lowest BCUT2D eigenvalue weighted by Gasteiger charge is -2.33. The molecule has 3 heteroatoms. The number of aliphatic hydroxyl groups is 2. The molecule has 1 aliphatic rings. The lowest BCUT2D eigenvalue weighted by molar-refractivity contribution is -0.0199. The van der Waals surface area contributed by atoms with Crippen molar-refractivity contribution in [3.05, 3.63) is 71.8 Å². The summed E-state index contributed by atoms with van der Waals surface area (Å²) in [5, 5.41) is 21.9. The maximum absolute atomic E-state index is 11.5. The first kappa shape index (κ1) is 18.1. The van der Waals surface area contributed by atoms with Gasteiger partial charge in [-0.2, -0.15) is 0 Å². The van der Waals surface area contributed by atoms with Crippen molar-refractivity contribution in [2.75, 3.05) is 13.1 Å². The molecule has 0 saturated carbocycles. The van der Waals surface area contributed by atoms with Gasteiger partial charge in [-0.1, -0.05) is 67.1 Å². The quantitative estimate of drug-likeness (QED) is 0.804. The number of likely N-dealkylation sites (tertiary alicyclic amines) is 1. The molecule has 25 heavy (non-hydrogen) atoms. The SMILES string of the molecule is OC(CCCC(O)(c1ccccc1)c1ccccc1)N1CCCCC1. The van der Waals surface area contributed by atoms with Crippen LogP contribution in [0.15, 0.2) is 60.7 Å². The summed E-state index contributed by atoms with van der Waals surface area (Å²) in [6, 6.07) is 19.7. The number of piperidine rings is 1. The topological polar surface area (TPSA) is 43.7 Å². The fourth-order valence-corrected chi connectivity index (χ4v) is 3.82. The Kier molecular flexibility index (Phi) is 6.24. The summed E-state index contributed by atoms with van der Waals surface area (Å²) < 4.78 is 0. The molecule has 1 atom stereocenters. The van der Waals surface area contributed by atoms with E-state index in [-0.39, 0.29) is 0 Å². The van der Waals surface area contributed by atoms with Crippen LogP contribution in [0.4, 0.5) is 0 Å². The summed E-state index contributed by atoms with van der Waals surface area (Å²) in [6.45, 7) is 1.98. The van der Waals surface area contributed by atoms with E-state index in [4.69, 9.17) is 0 Å². The second-order valence-electron chi connectivity index (χ2n) is 7.06. The predicted octanol–water partition coefficient (Wildman–Crippen LogP) is 3.90. The molecule has 1 aliphatic heterocycles. The summed E-state index contributed by atoms with van der Waals surface area (Å²) in [5.41, 5.74) is 0.812. The predicted molar refractivity (Wildman–Crippen MR) is 101 cm³/mol.